The second-order valence-electron chi connectivity index (χ2n) is 4.66. The summed E-state index contributed by atoms with van der Waals surface area (Å²) in [4.78, 5) is 0. The summed E-state index contributed by atoms with van der Waals surface area (Å²) in [6.07, 6.45) is 1.49. The van der Waals surface area contributed by atoms with Crippen LogP contribution in [0.5, 0.6) is 11.5 Å². The fraction of sp³-hybridized carbons (Fsp3) is 0.250. The van der Waals surface area contributed by atoms with Gasteiger partial charge in [-0.25, -0.2) is 8.78 Å². The molecule has 0 spiro atoms. The van der Waals surface area contributed by atoms with Crippen LogP contribution in [0.4, 0.5) is 8.78 Å². The zero-order valence-corrected chi connectivity index (χ0v) is 12.5. The van der Waals surface area contributed by atoms with Gasteiger partial charge in [-0.3, -0.25) is 0 Å². The summed E-state index contributed by atoms with van der Waals surface area (Å²) >= 11 is 0. The molecular weight excluding hydrogens is 296 g/mol. The Balaban J connectivity index is 0.00000220. The summed E-state index contributed by atoms with van der Waals surface area (Å²) in [6.45, 7) is 2.01. The molecule has 0 fully saturated rings. The highest BCUT2D eigenvalue weighted by atomic mass is 35.5. The summed E-state index contributed by atoms with van der Waals surface area (Å²) < 4.78 is 32.0. The number of benzene rings is 2. The van der Waals surface area contributed by atoms with Crippen LogP contribution in [0.1, 0.15) is 18.9 Å². The van der Waals surface area contributed by atoms with Crippen molar-refractivity contribution in [2.45, 2.75) is 25.8 Å². The highest BCUT2D eigenvalue weighted by Crippen LogP contribution is 2.28. The van der Waals surface area contributed by atoms with Crippen molar-refractivity contribution in [2.24, 2.45) is 5.73 Å². The summed E-state index contributed by atoms with van der Waals surface area (Å²) in [5, 5.41) is 0. The molecule has 0 radical (unpaired) electrons. The number of para-hydroxylation sites is 1. The fourth-order valence-electron chi connectivity index (χ4n) is 1.88. The first-order valence-corrected chi connectivity index (χ1v) is 6.56. The largest absolute Gasteiger partial charge is 0.454 e. The monoisotopic (exact) mass is 313 g/mol. The molecule has 2 rings (SSSR count). The SMILES string of the molecule is CCC(N)Cc1ccccc1Oc1ccc(F)cc1F.Cl. The quantitative estimate of drug-likeness (QED) is 0.884. The van der Waals surface area contributed by atoms with Crippen molar-refractivity contribution in [3.63, 3.8) is 0 Å². The molecule has 2 aromatic rings. The van der Waals surface area contributed by atoms with Crippen LogP contribution in [-0.2, 0) is 6.42 Å². The predicted octanol–water partition coefficient (Wildman–Crippen LogP) is 4.46. The van der Waals surface area contributed by atoms with Crippen LogP contribution in [0.2, 0.25) is 0 Å². The zero-order valence-electron chi connectivity index (χ0n) is 11.7. The van der Waals surface area contributed by atoms with Crippen LogP contribution in [0.15, 0.2) is 42.5 Å². The van der Waals surface area contributed by atoms with Crippen molar-refractivity contribution in [3.05, 3.63) is 59.7 Å². The topological polar surface area (TPSA) is 35.2 Å². The Morgan fingerprint density at radius 2 is 1.81 bits per heavy atom. The van der Waals surface area contributed by atoms with E-state index in [0.29, 0.717) is 12.2 Å². The molecule has 114 valence electrons. The van der Waals surface area contributed by atoms with Crippen LogP contribution >= 0.6 is 12.4 Å². The smallest absolute Gasteiger partial charge is 0.168 e. The highest BCUT2D eigenvalue weighted by Gasteiger charge is 2.11. The van der Waals surface area contributed by atoms with Crippen molar-refractivity contribution in [1.82, 2.24) is 0 Å². The van der Waals surface area contributed by atoms with E-state index in [2.05, 4.69) is 0 Å². The molecule has 21 heavy (non-hydrogen) atoms. The predicted molar refractivity (Wildman–Crippen MR) is 82.1 cm³/mol. The molecule has 1 atom stereocenters. The molecule has 0 saturated carbocycles. The third-order valence-corrected chi connectivity index (χ3v) is 3.09. The average molecular weight is 314 g/mol. The second kappa shape index (κ2) is 7.96. The standard InChI is InChI=1S/C16H17F2NO.ClH/c1-2-13(19)9-11-5-3-4-6-15(11)20-16-8-7-12(17)10-14(16)18;/h3-8,10,13H,2,9,19H2,1H3;1H. The number of nitrogens with two attached hydrogens (primary N) is 1. The molecule has 0 aliphatic carbocycles. The first-order chi connectivity index (χ1) is 9.60. The maximum atomic E-state index is 13.6. The Kier molecular flexibility index (Phi) is 6.59. The van der Waals surface area contributed by atoms with Gasteiger partial charge in [0.1, 0.15) is 11.6 Å². The normalized spacial score (nSPS) is 11.6. The van der Waals surface area contributed by atoms with E-state index in [1.807, 2.05) is 19.1 Å². The van der Waals surface area contributed by atoms with Gasteiger partial charge in [0.25, 0.3) is 0 Å². The van der Waals surface area contributed by atoms with Gasteiger partial charge in [-0.1, -0.05) is 25.1 Å². The number of rotatable bonds is 5. The number of hydrogen-bond acceptors (Lipinski definition) is 2. The molecular formula is C16H18ClF2NO. The van der Waals surface area contributed by atoms with Crippen molar-refractivity contribution >= 4 is 12.4 Å². The molecule has 0 saturated heterocycles. The van der Waals surface area contributed by atoms with E-state index in [1.165, 1.54) is 12.1 Å². The lowest BCUT2D eigenvalue weighted by Gasteiger charge is -2.14. The number of hydrogen-bond donors (Lipinski definition) is 1. The van der Waals surface area contributed by atoms with Crippen molar-refractivity contribution < 1.29 is 13.5 Å². The minimum Gasteiger partial charge on any atom is -0.454 e. The third-order valence-electron chi connectivity index (χ3n) is 3.09. The van der Waals surface area contributed by atoms with E-state index >= 15 is 0 Å². The van der Waals surface area contributed by atoms with Crippen molar-refractivity contribution in [2.75, 3.05) is 0 Å². The van der Waals surface area contributed by atoms with Crippen LogP contribution in [-0.4, -0.2) is 6.04 Å². The molecule has 1 unspecified atom stereocenters. The molecule has 0 amide bonds. The minimum absolute atomic E-state index is 0. The van der Waals surface area contributed by atoms with Gasteiger partial charge in [0.2, 0.25) is 0 Å². The molecule has 2 aromatic carbocycles. The maximum Gasteiger partial charge on any atom is 0.168 e. The van der Waals surface area contributed by atoms with Crippen LogP contribution in [0, 0.1) is 11.6 Å². The van der Waals surface area contributed by atoms with E-state index in [9.17, 15) is 8.78 Å². The van der Waals surface area contributed by atoms with Gasteiger partial charge in [-0.05, 0) is 36.6 Å². The Hall–Kier alpha value is -1.65. The van der Waals surface area contributed by atoms with Crippen LogP contribution < -0.4 is 10.5 Å². The Morgan fingerprint density at radius 3 is 2.48 bits per heavy atom. The van der Waals surface area contributed by atoms with Gasteiger partial charge in [-0.15, -0.1) is 12.4 Å². The zero-order chi connectivity index (χ0) is 14.5. The summed E-state index contributed by atoms with van der Waals surface area (Å²) in [5.41, 5.74) is 6.85. The lowest BCUT2D eigenvalue weighted by atomic mass is 10.0. The maximum absolute atomic E-state index is 13.6. The van der Waals surface area contributed by atoms with Crippen LogP contribution in [0.25, 0.3) is 0 Å². The lowest BCUT2D eigenvalue weighted by molar-refractivity contribution is 0.431. The van der Waals surface area contributed by atoms with E-state index in [0.717, 1.165) is 18.1 Å². The van der Waals surface area contributed by atoms with Gasteiger partial charge in [0.05, 0.1) is 0 Å². The van der Waals surface area contributed by atoms with Gasteiger partial charge < -0.3 is 10.5 Å². The number of ether oxygens (including phenoxy) is 1. The van der Waals surface area contributed by atoms with Crippen molar-refractivity contribution in [3.8, 4) is 11.5 Å². The van der Waals surface area contributed by atoms with E-state index < -0.39 is 11.6 Å². The van der Waals surface area contributed by atoms with Crippen molar-refractivity contribution in [1.29, 1.82) is 0 Å². The Morgan fingerprint density at radius 1 is 1.10 bits per heavy atom. The molecule has 0 aliphatic rings. The molecule has 0 bridgehead atoms. The van der Waals surface area contributed by atoms with E-state index in [-0.39, 0.29) is 24.2 Å². The molecule has 2 N–H and O–H groups in total. The first kappa shape index (κ1) is 17.4. The molecule has 2 nitrogen and oxygen atoms in total. The van der Waals surface area contributed by atoms with Gasteiger partial charge >= 0.3 is 0 Å². The highest BCUT2D eigenvalue weighted by molar-refractivity contribution is 5.85. The van der Waals surface area contributed by atoms with E-state index in [1.54, 1.807) is 12.1 Å². The van der Waals surface area contributed by atoms with E-state index in [4.69, 9.17) is 10.5 Å². The van der Waals surface area contributed by atoms with Crippen LogP contribution in [0.3, 0.4) is 0 Å². The summed E-state index contributed by atoms with van der Waals surface area (Å²) in [7, 11) is 0. The first-order valence-electron chi connectivity index (χ1n) is 6.56. The number of halogens is 3. The van der Waals surface area contributed by atoms with Gasteiger partial charge in [-0.2, -0.15) is 0 Å². The van der Waals surface area contributed by atoms with Gasteiger partial charge in [0, 0.05) is 12.1 Å². The summed E-state index contributed by atoms with van der Waals surface area (Å²) in [6, 6.07) is 10.6. The Labute approximate surface area is 129 Å². The Bertz CT molecular complexity index is 592. The third kappa shape index (κ3) is 4.69. The molecule has 5 heteroatoms. The fourth-order valence-corrected chi connectivity index (χ4v) is 1.88. The second-order valence-corrected chi connectivity index (χ2v) is 4.66. The minimum atomic E-state index is -0.723. The molecule has 0 heterocycles. The molecule has 0 aromatic heterocycles. The summed E-state index contributed by atoms with van der Waals surface area (Å²) in [5.74, 6) is -0.804. The van der Waals surface area contributed by atoms with Gasteiger partial charge in [0.15, 0.2) is 11.6 Å². The average Bonchev–Trinajstić information content (AvgIpc) is 2.43. The lowest BCUT2D eigenvalue weighted by Crippen LogP contribution is -2.21. The molecule has 0 aliphatic heterocycles.